The highest BCUT2D eigenvalue weighted by molar-refractivity contribution is 5.91. The van der Waals surface area contributed by atoms with Crippen LogP contribution in [0.3, 0.4) is 0 Å². The highest BCUT2D eigenvalue weighted by Gasteiger charge is 2.33. The minimum atomic E-state index is -0.370. The molecule has 3 aromatic rings. The van der Waals surface area contributed by atoms with Gasteiger partial charge in [-0.15, -0.1) is 0 Å². The maximum absolute atomic E-state index is 12.6. The number of carbonyl (C=O) groups excluding carboxylic acids is 1. The van der Waals surface area contributed by atoms with Gasteiger partial charge in [-0.3, -0.25) is 4.90 Å². The summed E-state index contributed by atoms with van der Waals surface area (Å²) in [4.78, 5) is 15.1. The third kappa shape index (κ3) is 3.30. The number of hydrogen-bond acceptors (Lipinski definition) is 4. The summed E-state index contributed by atoms with van der Waals surface area (Å²) in [6.07, 6.45) is 1.94. The summed E-state index contributed by atoms with van der Waals surface area (Å²) in [5.41, 5.74) is 5.86. The van der Waals surface area contributed by atoms with E-state index in [0.29, 0.717) is 23.1 Å². The van der Waals surface area contributed by atoms with E-state index in [1.54, 1.807) is 19.2 Å². The Bertz CT molecular complexity index is 1060. The number of carbonyl (C=O) groups is 1. The lowest BCUT2D eigenvalue weighted by Crippen LogP contribution is -2.39. The average molecular weight is 385 g/mol. The van der Waals surface area contributed by atoms with Crippen molar-refractivity contribution in [1.29, 1.82) is 0 Å². The number of methoxy groups -OCH3 is 1. The molecule has 4 heteroatoms. The first kappa shape index (κ1) is 18.0. The van der Waals surface area contributed by atoms with Crippen LogP contribution in [0.1, 0.15) is 38.7 Å². The zero-order valence-corrected chi connectivity index (χ0v) is 16.4. The molecule has 0 saturated heterocycles. The number of nitrogens with zero attached hydrogens (tertiary/aromatic N) is 1. The minimum Gasteiger partial charge on any atom is -0.493 e. The van der Waals surface area contributed by atoms with Crippen LogP contribution in [0.15, 0.2) is 66.7 Å². The Balaban J connectivity index is 1.50. The van der Waals surface area contributed by atoms with Gasteiger partial charge in [-0.2, -0.15) is 0 Å². The lowest BCUT2D eigenvalue weighted by atomic mass is 9.84. The van der Waals surface area contributed by atoms with Crippen LogP contribution in [0.4, 0.5) is 0 Å². The fraction of sp³-hybridized carbons (Fsp3) is 0.240. The van der Waals surface area contributed by atoms with Gasteiger partial charge in [-0.05, 0) is 59.4 Å². The molecule has 0 fully saturated rings. The van der Waals surface area contributed by atoms with Gasteiger partial charge in [0.25, 0.3) is 0 Å². The maximum atomic E-state index is 12.6. The molecule has 146 valence electrons. The Morgan fingerprint density at radius 1 is 0.931 bits per heavy atom. The van der Waals surface area contributed by atoms with Gasteiger partial charge in [0.15, 0.2) is 11.5 Å². The number of fused-ring (bicyclic) bond motifs is 4. The summed E-state index contributed by atoms with van der Waals surface area (Å²) >= 11 is 0. The number of rotatable bonds is 3. The second-order valence-electron chi connectivity index (χ2n) is 7.67. The van der Waals surface area contributed by atoms with Gasteiger partial charge in [0, 0.05) is 19.1 Å². The van der Waals surface area contributed by atoms with E-state index >= 15 is 0 Å². The molecule has 0 bridgehead atoms. The molecule has 0 aliphatic carbocycles. The lowest BCUT2D eigenvalue weighted by Gasteiger charge is -2.41. The lowest BCUT2D eigenvalue weighted by molar-refractivity contribution is 0.0728. The average Bonchev–Trinajstić information content (AvgIpc) is 2.78. The molecule has 0 aromatic heterocycles. The third-order valence-corrected chi connectivity index (χ3v) is 6.01. The van der Waals surface area contributed by atoms with E-state index in [2.05, 4.69) is 29.2 Å². The SMILES string of the molecule is COc1cc2c(cc1OC(=O)c1ccccc1)[C@@H]1Cc3ccccc3CN1CC2. The first-order valence-corrected chi connectivity index (χ1v) is 10.0. The van der Waals surface area contributed by atoms with Crippen molar-refractivity contribution in [3.05, 3.63) is 94.5 Å². The molecule has 0 unspecified atom stereocenters. The van der Waals surface area contributed by atoms with Crippen molar-refractivity contribution in [2.45, 2.75) is 25.4 Å². The normalized spacial score (nSPS) is 17.6. The zero-order chi connectivity index (χ0) is 19.8. The van der Waals surface area contributed by atoms with Gasteiger partial charge in [0.2, 0.25) is 0 Å². The standard InChI is InChI=1S/C25H23NO3/c1-28-23-14-19-11-12-26-16-20-10-6-5-9-18(20)13-22(26)21(19)15-24(23)29-25(27)17-7-3-2-4-8-17/h2-10,14-15,22H,11-13,16H2,1H3/t22-/m0/s1. The van der Waals surface area contributed by atoms with Gasteiger partial charge >= 0.3 is 5.97 Å². The van der Waals surface area contributed by atoms with Crippen molar-refractivity contribution < 1.29 is 14.3 Å². The van der Waals surface area contributed by atoms with E-state index in [4.69, 9.17) is 9.47 Å². The molecule has 0 radical (unpaired) electrons. The third-order valence-electron chi connectivity index (χ3n) is 6.01. The van der Waals surface area contributed by atoms with Crippen molar-refractivity contribution in [3.63, 3.8) is 0 Å². The van der Waals surface area contributed by atoms with Crippen LogP contribution in [0.2, 0.25) is 0 Å². The summed E-state index contributed by atoms with van der Waals surface area (Å²) in [5.74, 6) is 0.726. The van der Waals surface area contributed by atoms with Crippen molar-refractivity contribution in [2.75, 3.05) is 13.7 Å². The number of esters is 1. The Kier molecular flexibility index (Phi) is 4.57. The van der Waals surface area contributed by atoms with Crippen LogP contribution in [0.5, 0.6) is 11.5 Å². The number of ether oxygens (including phenoxy) is 2. The van der Waals surface area contributed by atoms with E-state index in [-0.39, 0.29) is 5.97 Å². The maximum Gasteiger partial charge on any atom is 0.343 e. The predicted molar refractivity (Wildman–Crippen MR) is 111 cm³/mol. The van der Waals surface area contributed by atoms with E-state index < -0.39 is 0 Å². The van der Waals surface area contributed by atoms with Crippen molar-refractivity contribution in [2.24, 2.45) is 0 Å². The first-order chi connectivity index (χ1) is 14.2. The number of benzene rings is 3. The molecule has 5 rings (SSSR count). The second-order valence-corrected chi connectivity index (χ2v) is 7.67. The van der Waals surface area contributed by atoms with Crippen molar-refractivity contribution >= 4 is 5.97 Å². The van der Waals surface area contributed by atoms with E-state index in [1.807, 2.05) is 30.3 Å². The fourth-order valence-corrected chi connectivity index (χ4v) is 4.50. The molecule has 0 saturated carbocycles. The largest absolute Gasteiger partial charge is 0.493 e. The summed E-state index contributed by atoms with van der Waals surface area (Å²) in [7, 11) is 1.62. The molecule has 2 aliphatic rings. The van der Waals surface area contributed by atoms with E-state index in [9.17, 15) is 4.79 Å². The second kappa shape index (κ2) is 7.37. The molecule has 29 heavy (non-hydrogen) atoms. The molecular weight excluding hydrogens is 362 g/mol. The van der Waals surface area contributed by atoms with Crippen LogP contribution in [0.25, 0.3) is 0 Å². The smallest absolute Gasteiger partial charge is 0.343 e. The quantitative estimate of drug-likeness (QED) is 0.489. The van der Waals surface area contributed by atoms with Crippen LogP contribution in [-0.4, -0.2) is 24.5 Å². The monoisotopic (exact) mass is 385 g/mol. The van der Waals surface area contributed by atoms with E-state index in [0.717, 1.165) is 25.9 Å². The molecule has 0 N–H and O–H groups in total. The Hall–Kier alpha value is -3.11. The van der Waals surface area contributed by atoms with Crippen molar-refractivity contribution in [1.82, 2.24) is 4.90 Å². The molecule has 0 amide bonds. The number of hydrogen-bond donors (Lipinski definition) is 0. The van der Waals surface area contributed by atoms with Crippen LogP contribution >= 0.6 is 0 Å². The summed E-state index contributed by atoms with van der Waals surface area (Å²) in [5, 5.41) is 0. The summed E-state index contributed by atoms with van der Waals surface area (Å²) < 4.78 is 11.3. The minimum absolute atomic E-state index is 0.300. The summed E-state index contributed by atoms with van der Waals surface area (Å²) in [6, 6.07) is 22.1. The molecular formula is C25H23NO3. The molecule has 3 aromatic carbocycles. The van der Waals surface area contributed by atoms with E-state index in [1.165, 1.54) is 22.3 Å². The Morgan fingerprint density at radius 3 is 2.48 bits per heavy atom. The Labute approximate surface area is 170 Å². The van der Waals surface area contributed by atoms with Crippen molar-refractivity contribution in [3.8, 4) is 11.5 Å². The topological polar surface area (TPSA) is 38.8 Å². The molecule has 2 heterocycles. The summed E-state index contributed by atoms with van der Waals surface area (Å²) in [6.45, 7) is 1.99. The molecule has 1 atom stereocenters. The van der Waals surface area contributed by atoms with Gasteiger partial charge < -0.3 is 9.47 Å². The Morgan fingerprint density at radius 2 is 1.69 bits per heavy atom. The van der Waals surface area contributed by atoms with Gasteiger partial charge in [-0.1, -0.05) is 42.5 Å². The molecule has 0 spiro atoms. The highest BCUT2D eigenvalue weighted by atomic mass is 16.6. The van der Waals surface area contributed by atoms with Crippen LogP contribution in [-0.2, 0) is 19.4 Å². The zero-order valence-electron chi connectivity index (χ0n) is 16.4. The highest BCUT2D eigenvalue weighted by Crippen LogP contribution is 2.42. The fourth-order valence-electron chi connectivity index (χ4n) is 4.50. The van der Waals surface area contributed by atoms with Gasteiger partial charge in [-0.25, -0.2) is 4.79 Å². The van der Waals surface area contributed by atoms with Gasteiger partial charge in [0.05, 0.1) is 12.7 Å². The molecule has 4 nitrogen and oxygen atoms in total. The van der Waals surface area contributed by atoms with Crippen LogP contribution in [0, 0.1) is 0 Å². The van der Waals surface area contributed by atoms with Crippen LogP contribution < -0.4 is 9.47 Å². The van der Waals surface area contributed by atoms with Gasteiger partial charge in [0.1, 0.15) is 0 Å². The first-order valence-electron chi connectivity index (χ1n) is 10.0. The molecule has 2 aliphatic heterocycles. The predicted octanol–water partition coefficient (Wildman–Crippen LogP) is 4.57.